The highest BCUT2D eigenvalue weighted by atomic mass is 16.1. The van der Waals surface area contributed by atoms with Crippen LogP contribution in [0.25, 0.3) is 10.9 Å². The van der Waals surface area contributed by atoms with Gasteiger partial charge in [-0.15, -0.1) is 0 Å². The van der Waals surface area contributed by atoms with Crippen LogP contribution in [0.4, 0.5) is 0 Å². The maximum absolute atomic E-state index is 12.4. The summed E-state index contributed by atoms with van der Waals surface area (Å²) in [5, 5.41) is 8.74. The molecular formula is C15H10N2O. The summed E-state index contributed by atoms with van der Waals surface area (Å²) < 4.78 is 0. The molecule has 0 unspecified atom stereocenters. The summed E-state index contributed by atoms with van der Waals surface area (Å²) in [5.41, 5.74) is 1.99. The Morgan fingerprint density at radius 3 is 2.44 bits per heavy atom. The molecule has 3 heteroatoms. The molecule has 0 atom stereocenters. The fourth-order valence-electron chi connectivity index (χ4n) is 1.93. The van der Waals surface area contributed by atoms with Gasteiger partial charge in [-0.2, -0.15) is 10.2 Å². The Kier molecular flexibility index (Phi) is 2.57. The van der Waals surface area contributed by atoms with Crippen LogP contribution in [0.1, 0.15) is 15.9 Å². The molecule has 86 valence electrons. The van der Waals surface area contributed by atoms with Gasteiger partial charge in [0, 0.05) is 10.9 Å². The Morgan fingerprint density at radius 1 is 0.889 bits per heavy atom. The number of ketones is 1. The largest absolute Gasteiger partial charge is 0.289 e. The van der Waals surface area contributed by atoms with Crippen molar-refractivity contribution in [3.63, 3.8) is 0 Å². The van der Waals surface area contributed by atoms with E-state index in [4.69, 9.17) is 0 Å². The maximum Gasteiger partial charge on any atom is 0.195 e. The van der Waals surface area contributed by atoms with E-state index in [0.29, 0.717) is 11.1 Å². The first kappa shape index (κ1) is 10.6. The number of hydrogen-bond donors (Lipinski definition) is 0. The van der Waals surface area contributed by atoms with Crippen molar-refractivity contribution in [1.29, 1.82) is 0 Å². The van der Waals surface area contributed by atoms with Crippen LogP contribution in [0.2, 0.25) is 0 Å². The minimum atomic E-state index is -0.0262. The molecule has 3 rings (SSSR count). The van der Waals surface area contributed by atoms with E-state index in [2.05, 4.69) is 10.2 Å². The predicted octanol–water partition coefficient (Wildman–Crippen LogP) is 2.86. The average Bonchev–Trinajstić information content (AvgIpc) is 2.47. The van der Waals surface area contributed by atoms with Gasteiger partial charge in [-0.05, 0) is 6.07 Å². The van der Waals surface area contributed by atoms with Crippen molar-refractivity contribution in [2.45, 2.75) is 0 Å². The fraction of sp³-hybridized carbons (Fsp3) is 0. The van der Waals surface area contributed by atoms with Crippen LogP contribution in [0.5, 0.6) is 0 Å². The first-order valence-corrected chi connectivity index (χ1v) is 5.66. The first-order chi connectivity index (χ1) is 8.86. The van der Waals surface area contributed by atoms with Crippen molar-refractivity contribution < 1.29 is 4.79 Å². The normalized spacial score (nSPS) is 10.4. The SMILES string of the molecule is O=C(c1ccccc1)c1cnnc2ccccc12. The monoisotopic (exact) mass is 234 g/mol. The van der Waals surface area contributed by atoms with Gasteiger partial charge in [0.15, 0.2) is 5.78 Å². The van der Waals surface area contributed by atoms with Gasteiger partial charge in [0.05, 0.1) is 17.3 Å². The van der Waals surface area contributed by atoms with E-state index in [1.807, 2.05) is 42.5 Å². The molecule has 0 radical (unpaired) electrons. The molecule has 1 heterocycles. The fourth-order valence-corrected chi connectivity index (χ4v) is 1.93. The van der Waals surface area contributed by atoms with E-state index in [1.54, 1.807) is 12.1 Å². The van der Waals surface area contributed by atoms with Gasteiger partial charge >= 0.3 is 0 Å². The summed E-state index contributed by atoms with van der Waals surface area (Å²) >= 11 is 0. The second-order valence-electron chi connectivity index (χ2n) is 3.97. The van der Waals surface area contributed by atoms with E-state index in [0.717, 1.165) is 10.9 Å². The molecule has 0 fully saturated rings. The molecular weight excluding hydrogens is 224 g/mol. The molecule has 0 spiro atoms. The Labute approximate surface area is 104 Å². The zero-order valence-corrected chi connectivity index (χ0v) is 9.58. The van der Waals surface area contributed by atoms with Gasteiger partial charge in [0.2, 0.25) is 0 Å². The molecule has 0 aliphatic heterocycles. The maximum atomic E-state index is 12.4. The molecule has 0 amide bonds. The molecule has 0 saturated heterocycles. The van der Waals surface area contributed by atoms with E-state index in [9.17, 15) is 4.79 Å². The molecule has 0 saturated carbocycles. The quantitative estimate of drug-likeness (QED) is 0.640. The first-order valence-electron chi connectivity index (χ1n) is 5.66. The zero-order valence-electron chi connectivity index (χ0n) is 9.58. The number of hydrogen-bond acceptors (Lipinski definition) is 3. The molecule has 0 N–H and O–H groups in total. The van der Waals surface area contributed by atoms with Crippen LogP contribution in [-0.2, 0) is 0 Å². The summed E-state index contributed by atoms with van der Waals surface area (Å²) in [6, 6.07) is 16.7. The highest BCUT2D eigenvalue weighted by molar-refractivity contribution is 6.15. The topological polar surface area (TPSA) is 42.9 Å². The summed E-state index contributed by atoms with van der Waals surface area (Å²) in [6.07, 6.45) is 1.53. The number of rotatable bonds is 2. The number of fused-ring (bicyclic) bond motifs is 1. The molecule has 2 aromatic carbocycles. The van der Waals surface area contributed by atoms with Crippen LogP contribution in [-0.4, -0.2) is 16.0 Å². The van der Waals surface area contributed by atoms with E-state index >= 15 is 0 Å². The van der Waals surface area contributed by atoms with E-state index in [1.165, 1.54) is 6.20 Å². The molecule has 3 nitrogen and oxygen atoms in total. The van der Waals surface area contributed by atoms with Gasteiger partial charge in [-0.1, -0.05) is 48.5 Å². The molecule has 1 aromatic heterocycles. The lowest BCUT2D eigenvalue weighted by Gasteiger charge is -2.04. The standard InChI is InChI=1S/C15H10N2O/c18-15(11-6-2-1-3-7-11)13-10-16-17-14-9-5-4-8-12(13)14/h1-10H. The van der Waals surface area contributed by atoms with E-state index in [-0.39, 0.29) is 5.78 Å². The Hall–Kier alpha value is -2.55. The van der Waals surface area contributed by atoms with Crippen LogP contribution >= 0.6 is 0 Å². The third-order valence-electron chi connectivity index (χ3n) is 2.83. The smallest absolute Gasteiger partial charge is 0.195 e. The molecule has 0 aliphatic rings. The Morgan fingerprint density at radius 2 is 1.61 bits per heavy atom. The number of aromatic nitrogens is 2. The van der Waals surface area contributed by atoms with Gasteiger partial charge in [-0.3, -0.25) is 4.79 Å². The van der Waals surface area contributed by atoms with Gasteiger partial charge in [0.25, 0.3) is 0 Å². The van der Waals surface area contributed by atoms with E-state index < -0.39 is 0 Å². The highest BCUT2D eigenvalue weighted by Crippen LogP contribution is 2.18. The highest BCUT2D eigenvalue weighted by Gasteiger charge is 2.12. The molecule has 18 heavy (non-hydrogen) atoms. The van der Waals surface area contributed by atoms with Crippen molar-refractivity contribution in [1.82, 2.24) is 10.2 Å². The van der Waals surface area contributed by atoms with Crippen LogP contribution in [0.3, 0.4) is 0 Å². The summed E-state index contributed by atoms with van der Waals surface area (Å²) in [6.45, 7) is 0. The summed E-state index contributed by atoms with van der Waals surface area (Å²) in [7, 11) is 0. The van der Waals surface area contributed by atoms with Crippen LogP contribution in [0, 0.1) is 0 Å². The van der Waals surface area contributed by atoms with Crippen molar-refractivity contribution in [3.8, 4) is 0 Å². The minimum absolute atomic E-state index is 0.0262. The van der Waals surface area contributed by atoms with Gasteiger partial charge in [-0.25, -0.2) is 0 Å². The third-order valence-corrected chi connectivity index (χ3v) is 2.83. The Balaban J connectivity index is 2.18. The number of nitrogens with zero attached hydrogens (tertiary/aromatic N) is 2. The van der Waals surface area contributed by atoms with Crippen molar-refractivity contribution in [2.24, 2.45) is 0 Å². The van der Waals surface area contributed by atoms with Crippen molar-refractivity contribution in [2.75, 3.05) is 0 Å². The molecule has 0 aliphatic carbocycles. The van der Waals surface area contributed by atoms with Gasteiger partial charge < -0.3 is 0 Å². The lowest BCUT2D eigenvalue weighted by molar-refractivity contribution is 0.104. The summed E-state index contributed by atoms with van der Waals surface area (Å²) in [5.74, 6) is -0.0262. The number of carbonyl (C=O) groups excluding carboxylic acids is 1. The van der Waals surface area contributed by atoms with Crippen LogP contribution < -0.4 is 0 Å². The third kappa shape index (κ3) is 1.76. The lowest BCUT2D eigenvalue weighted by atomic mass is 10.0. The number of benzene rings is 2. The predicted molar refractivity (Wildman–Crippen MR) is 69.4 cm³/mol. The second kappa shape index (κ2) is 4.37. The Bertz CT molecular complexity index is 703. The summed E-state index contributed by atoms with van der Waals surface area (Å²) in [4.78, 5) is 12.4. The minimum Gasteiger partial charge on any atom is -0.289 e. The lowest BCUT2D eigenvalue weighted by Crippen LogP contribution is -2.03. The molecule has 0 bridgehead atoms. The second-order valence-corrected chi connectivity index (χ2v) is 3.97. The molecule has 3 aromatic rings. The van der Waals surface area contributed by atoms with Crippen LogP contribution in [0.15, 0.2) is 60.8 Å². The van der Waals surface area contributed by atoms with Crippen molar-refractivity contribution >= 4 is 16.7 Å². The number of carbonyl (C=O) groups is 1. The zero-order chi connectivity index (χ0) is 12.4. The average molecular weight is 234 g/mol. The van der Waals surface area contributed by atoms with Crippen molar-refractivity contribution in [3.05, 3.63) is 71.9 Å². The van der Waals surface area contributed by atoms with Gasteiger partial charge in [0.1, 0.15) is 0 Å².